The minimum Gasteiger partial charge on any atom is -0.345 e. The van der Waals surface area contributed by atoms with Crippen LogP contribution in [-0.2, 0) is 19.5 Å². The molecule has 0 bridgehead atoms. The van der Waals surface area contributed by atoms with Gasteiger partial charge in [0.15, 0.2) is 0 Å². The van der Waals surface area contributed by atoms with Crippen molar-refractivity contribution in [1.29, 1.82) is 0 Å². The van der Waals surface area contributed by atoms with Crippen molar-refractivity contribution in [3.63, 3.8) is 0 Å². The Labute approximate surface area is 175 Å². The van der Waals surface area contributed by atoms with Gasteiger partial charge >= 0.3 is 0 Å². The molecular weight excluding hydrogens is 356 g/mol. The zero-order valence-electron chi connectivity index (χ0n) is 18.0. The summed E-state index contributed by atoms with van der Waals surface area (Å²) in [6.45, 7) is 10.0. The van der Waals surface area contributed by atoms with Crippen LogP contribution < -0.4 is 0 Å². The minimum absolute atomic E-state index is 0.0984. The summed E-state index contributed by atoms with van der Waals surface area (Å²) in [5, 5.41) is 0. The molecule has 0 spiro atoms. The van der Waals surface area contributed by atoms with E-state index in [2.05, 4.69) is 87.0 Å². The molecule has 3 nitrogen and oxygen atoms in total. The number of aryl methyl sites for hydroxylation is 1. The van der Waals surface area contributed by atoms with Gasteiger partial charge in [-0.05, 0) is 54.7 Å². The highest BCUT2D eigenvalue weighted by molar-refractivity contribution is 5.94. The lowest BCUT2D eigenvalue weighted by molar-refractivity contribution is 0.0622. The van der Waals surface area contributed by atoms with Gasteiger partial charge in [0, 0.05) is 30.0 Å². The topological polar surface area (TPSA) is 25.2 Å². The summed E-state index contributed by atoms with van der Waals surface area (Å²) in [6, 6.07) is 22.8. The molecular formula is C26H32N2O. The number of nitrogens with zero attached hydrogens (tertiary/aromatic N) is 2. The third kappa shape index (κ3) is 5.17. The fourth-order valence-corrected chi connectivity index (χ4v) is 3.51. The molecule has 3 heteroatoms. The highest BCUT2D eigenvalue weighted by Crippen LogP contribution is 2.20. The molecule has 152 valence electrons. The number of carbonyl (C=O) groups excluding carboxylic acids is 1. The monoisotopic (exact) mass is 388 g/mol. The quantitative estimate of drug-likeness (QED) is 0.480. The third-order valence-electron chi connectivity index (χ3n) is 5.78. The van der Waals surface area contributed by atoms with Gasteiger partial charge in [0.2, 0.25) is 0 Å². The van der Waals surface area contributed by atoms with Crippen molar-refractivity contribution in [2.24, 2.45) is 5.92 Å². The number of carbonyl (C=O) groups is 1. The normalized spacial score (nSPS) is 12.2. The van der Waals surface area contributed by atoms with E-state index in [0.29, 0.717) is 12.5 Å². The Hall–Kier alpha value is -2.81. The molecule has 0 aliphatic carbocycles. The Kier molecular flexibility index (Phi) is 6.92. The van der Waals surface area contributed by atoms with Crippen LogP contribution in [0.1, 0.15) is 54.9 Å². The Balaban J connectivity index is 1.85. The van der Waals surface area contributed by atoms with E-state index in [1.807, 2.05) is 23.1 Å². The van der Waals surface area contributed by atoms with Crippen molar-refractivity contribution >= 4 is 5.91 Å². The third-order valence-corrected chi connectivity index (χ3v) is 5.78. The summed E-state index contributed by atoms with van der Waals surface area (Å²) in [5.41, 5.74) is 4.42. The van der Waals surface area contributed by atoms with Gasteiger partial charge in [-0.2, -0.15) is 0 Å². The van der Waals surface area contributed by atoms with Crippen molar-refractivity contribution in [2.75, 3.05) is 0 Å². The number of benzene rings is 2. The number of rotatable bonds is 8. The smallest absolute Gasteiger partial charge is 0.254 e. The maximum atomic E-state index is 13.4. The standard InChI is InChI=1S/C26H32N2O/c1-5-22-13-15-24(16-14-22)26(29)28(21(4)20(2)3)19-25-12-9-17-27(25)18-23-10-7-6-8-11-23/h6-17,20-21H,5,18-19H2,1-4H3/t21-/m1/s1. The molecule has 29 heavy (non-hydrogen) atoms. The second-order valence-electron chi connectivity index (χ2n) is 8.08. The largest absolute Gasteiger partial charge is 0.345 e. The Morgan fingerprint density at radius 2 is 1.59 bits per heavy atom. The predicted octanol–water partition coefficient (Wildman–Crippen LogP) is 5.79. The lowest BCUT2D eigenvalue weighted by atomic mass is 10.0. The van der Waals surface area contributed by atoms with Crippen molar-refractivity contribution in [2.45, 2.75) is 53.2 Å². The fourth-order valence-electron chi connectivity index (χ4n) is 3.51. The molecule has 1 atom stereocenters. The first-order valence-corrected chi connectivity index (χ1v) is 10.6. The van der Waals surface area contributed by atoms with Crippen molar-refractivity contribution in [3.8, 4) is 0 Å². The van der Waals surface area contributed by atoms with Crippen LogP contribution in [0.25, 0.3) is 0 Å². The van der Waals surface area contributed by atoms with E-state index in [-0.39, 0.29) is 11.9 Å². The van der Waals surface area contributed by atoms with E-state index in [1.165, 1.54) is 11.1 Å². The molecule has 0 saturated heterocycles. The van der Waals surface area contributed by atoms with Crippen LogP contribution in [0.3, 0.4) is 0 Å². The van der Waals surface area contributed by atoms with Gasteiger partial charge in [0.1, 0.15) is 0 Å². The van der Waals surface area contributed by atoms with Crippen LogP contribution in [-0.4, -0.2) is 21.4 Å². The summed E-state index contributed by atoms with van der Waals surface area (Å²) in [4.78, 5) is 15.4. The number of hydrogen-bond donors (Lipinski definition) is 0. The van der Waals surface area contributed by atoms with Crippen molar-refractivity contribution < 1.29 is 4.79 Å². The summed E-state index contributed by atoms with van der Waals surface area (Å²) in [5.74, 6) is 0.479. The second-order valence-corrected chi connectivity index (χ2v) is 8.08. The van der Waals surface area contributed by atoms with Crippen LogP contribution in [0.5, 0.6) is 0 Å². The average Bonchev–Trinajstić information content (AvgIpc) is 3.18. The van der Waals surface area contributed by atoms with Gasteiger partial charge in [-0.3, -0.25) is 4.79 Å². The Morgan fingerprint density at radius 1 is 0.897 bits per heavy atom. The molecule has 0 aliphatic heterocycles. The molecule has 0 fully saturated rings. The molecule has 3 aromatic rings. The highest BCUT2D eigenvalue weighted by Gasteiger charge is 2.25. The first-order chi connectivity index (χ1) is 14.0. The lowest BCUT2D eigenvalue weighted by Crippen LogP contribution is -2.41. The van der Waals surface area contributed by atoms with Gasteiger partial charge in [0.05, 0.1) is 6.54 Å². The van der Waals surface area contributed by atoms with E-state index in [0.717, 1.165) is 24.2 Å². The summed E-state index contributed by atoms with van der Waals surface area (Å²) >= 11 is 0. The maximum absolute atomic E-state index is 13.4. The zero-order valence-corrected chi connectivity index (χ0v) is 18.0. The molecule has 1 amide bonds. The van der Waals surface area contributed by atoms with E-state index in [9.17, 15) is 4.79 Å². The van der Waals surface area contributed by atoms with Gasteiger partial charge in [-0.1, -0.05) is 63.2 Å². The molecule has 0 N–H and O–H groups in total. The van der Waals surface area contributed by atoms with Crippen LogP contribution >= 0.6 is 0 Å². The van der Waals surface area contributed by atoms with E-state index in [4.69, 9.17) is 0 Å². The first kappa shape index (κ1) is 20.9. The number of hydrogen-bond acceptors (Lipinski definition) is 1. The molecule has 2 aromatic carbocycles. The summed E-state index contributed by atoms with van der Waals surface area (Å²) in [6.07, 6.45) is 3.08. The van der Waals surface area contributed by atoms with Gasteiger partial charge < -0.3 is 9.47 Å². The van der Waals surface area contributed by atoms with Crippen LogP contribution in [0, 0.1) is 5.92 Å². The predicted molar refractivity (Wildman–Crippen MR) is 120 cm³/mol. The molecule has 1 heterocycles. The van der Waals surface area contributed by atoms with Crippen LogP contribution in [0.2, 0.25) is 0 Å². The van der Waals surface area contributed by atoms with Crippen LogP contribution in [0.4, 0.5) is 0 Å². The molecule has 0 radical (unpaired) electrons. The Bertz CT molecular complexity index is 909. The average molecular weight is 389 g/mol. The lowest BCUT2D eigenvalue weighted by Gasteiger charge is -2.32. The number of amides is 1. The molecule has 0 aliphatic rings. The fraction of sp³-hybridized carbons (Fsp3) is 0.346. The minimum atomic E-state index is 0.0984. The highest BCUT2D eigenvalue weighted by atomic mass is 16.2. The first-order valence-electron chi connectivity index (χ1n) is 10.6. The second kappa shape index (κ2) is 9.60. The SMILES string of the molecule is CCc1ccc(C(=O)N(Cc2cccn2Cc2ccccc2)[C@H](C)C(C)C)cc1. The van der Waals surface area contributed by atoms with Crippen molar-refractivity contribution in [1.82, 2.24) is 9.47 Å². The van der Waals surface area contributed by atoms with E-state index >= 15 is 0 Å². The number of aromatic nitrogens is 1. The van der Waals surface area contributed by atoms with E-state index in [1.54, 1.807) is 0 Å². The zero-order chi connectivity index (χ0) is 20.8. The molecule has 0 unspecified atom stereocenters. The van der Waals surface area contributed by atoms with Gasteiger partial charge in [0.25, 0.3) is 5.91 Å². The molecule has 3 rings (SSSR count). The van der Waals surface area contributed by atoms with Crippen molar-refractivity contribution in [3.05, 3.63) is 95.3 Å². The van der Waals surface area contributed by atoms with Crippen LogP contribution in [0.15, 0.2) is 72.9 Å². The summed E-state index contributed by atoms with van der Waals surface area (Å²) < 4.78 is 2.24. The summed E-state index contributed by atoms with van der Waals surface area (Å²) in [7, 11) is 0. The molecule has 0 saturated carbocycles. The maximum Gasteiger partial charge on any atom is 0.254 e. The van der Waals surface area contributed by atoms with E-state index < -0.39 is 0 Å². The van der Waals surface area contributed by atoms with Gasteiger partial charge in [-0.15, -0.1) is 0 Å². The Morgan fingerprint density at radius 3 is 2.21 bits per heavy atom. The van der Waals surface area contributed by atoms with Gasteiger partial charge in [-0.25, -0.2) is 0 Å². The molecule has 1 aromatic heterocycles.